The molecule has 0 saturated carbocycles. The van der Waals surface area contributed by atoms with Gasteiger partial charge in [-0.05, 0) is 43.2 Å². The third-order valence-electron chi connectivity index (χ3n) is 4.62. The van der Waals surface area contributed by atoms with Gasteiger partial charge >= 0.3 is 0 Å². The summed E-state index contributed by atoms with van der Waals surface area (Å²) in [6.45, 7) is 8.20. The number of aliphatic imine (C=N–C) groups is 1. The number of ether oxygens (including phenoxy) is 1. The van der Waals surface area contributed by atoms with Crippen molar-refractivity contribution >= 4 is 17.3 Å². The number of halogens is 1. The van der Waals surface area contributed by atoms with Gasteiger partial charge in [0, 0.05) is 23.9 Å². The minimum absolute atomic E-state index is 0.181. The van der Waals surface area contributed by atoms with Crippen molar-refractivity contribution in [3.8, 4) is 5.69 Å². The normalized spacial score (nSPS) is 14.5. The molecule has 0 aliphatic carbocycles. The van der Waals surface area contributed by atoms with Gasteiger partial charge in [-0.15, -0.1) is 16.8 Å². The summed E-state index contributed by atoms with van der Waals surface area (Å²) in [6, 6.07) is 11.4. The van der Waals surface area contributed by atoms with Gasteiger partial charge in [-0.1, -0.05) is 37.6 Å². The second-order valence-electron chi connectivity index (χ2n) is 6.48. The molecule has 7 heteroatoms. The molecule has 0 fully saturated rings. The van der Waals surface area contributed by atoms with Gasteiger partial charge < -0.3 is 4.74 Å². The molecule has 3 heterocycles. The number of benzene rings is 1. The lowest BCUT2D eigenvalue weighted by Crippen LogP contribution is -2.11. The molecule has 0 radical (unpaired) electrons. The quantitative estimate of drug-likeness (QED) is 0.501. The molecule has 0 N–H and O–H groups in total. The van der Waals surface area contributed by atoms with Gasteiger partial charge in [-0.2, -0.15) is 0 Å². The van der Waals surface area contributed by atoms with E-state index in [0.29, 0.717) is 11.6 Å². The molecule has 156 valence electrons. The predicted molar refractivity (Wildman–Crippen MR) is 120 cm³/mol. The molecular weight excluding hydrogens is 398 g/mol. The first kappa shape index (κ1) is 21.9. The van der Waals surface area contributed by atoms with Crippen LogP contribution in [0.2, 0.25) is 5.02 Å². The summed E-state index contributed by atoms with van der Waals surface area (Å²) in [5.74, 6) is 1.51. The van der Waals surface area contributed by atoms with Crippen molar-refractivity contribution in [1.82, 2.24) is 19.7 Å². The van der Waals surface area contributed by atoms with E-state index in [1.807, 2.05) is 60.9 Å². The fourth-order valence-corrected chi connectivity index (χ4v) is 3.56. The van der Waals surface area contributed by atoms with Crippen LogP contribution in [0, 0.1) is 0 Å². The lowest BCUT2D eigenvalue weighted by atomic mass is 10.0. The van der Waals surface area contributed by atoms with E-state index in [1.54, 1.807) is 13.3 Å². The van der Waals surface area contributed by atoms with E-state index in [9.17, 15) is 0 Å². The van der Waals surface area contributed by atoms with Gasteiger partial charge in [0.2, 0.25) is 0 Å². The number of rotatable bonds is 6. The molecule has 1 aromatic carbocycles. The van der Waals surface area contributed by atoms with Crippen LogP contribution in [0.25, 0.3) is 5.69 Å². The van der Waals surface area contributed by atoms with Gasteiger partial charge in [-0.25, -0.2) is 0 Å². The number of hydrogen-bond donors (Lipinski definition) is 0. The maximum absolute atomic E-state index is 6.35. The minimum atomic E-state index is -0.181. The molecule has 0 amide bonds. The summed E-state index contributed by atoms with van der Waals surface area (Å²) in [6.07, 6.45) is 5.24. The molecule has 6 nitrogen and oxygen atoms in total. The average Bonchev–Trinajstić information content (AvgIpc) is 3.14. The number of fused-ring (bicyclic) bond motifs is 3. The zero-order chi connectivity index (χ0) is 21.5. The van der Waals surface area contributed by atoms with E-state index < -0.39 is 0 Å². The molecule has 30 heavy (non-hydrogen) atoms. The van der Waals surface area contributed by atoms with Gasteiger partial charge in [0.05, 0.1) is 17.1 Å². The Morgan fingerprint density at radius 3 is 2.73 bits per heavy atom. The smallest absolute Gasteiger partial charge is 0.163 e. The molecule has 0 unspecified atom stereocenters. The number of hydrogen-bond acceptors (Lipinski definition) is 5. The molecule has 1 atom stereocenters. The van der Waals surface area contributed by atoms with Gasteiger partial charge in [0.15, 0.2) is 11.6 Å². The van der Waals surface area contributed by atoms with Crippen molar-refractivity contribution in [3.05, 3.63) is 83.2 Å². The van der Waals surface area contributed by atoms with Crippen molar-refractivity contribution in [2.24, 2.45) is 4.99 Å². The van der Waals surface area contributed by atoms with E-state index in [4.69, 9.17) is 21.3 Å². The van der Waals surface area contributed by atoms with Crippen LogP contribution in [-0.4, -0.2) is 32.6 Å². The number of nitrogens with zero attached hydrogens (tertiary/aromatic N) is 5. The van der Waals surface area contributed by atoms with Crippen molar-refractivity contribution in [3.63, 3.8) is 0 Å². The van der Waals surface area contributed by atoms with Crippen LogP contribution >= 0.6 is 11.6 Å². The molecule has 0 saturated heterocycles. The van der Waals surface area contributed by atoms with Crippen LogP contribution < -0.4 is 0 Å². The Balaban J connectivity index is 0.00000124. The number of allylic oxidation sites excluding steroid dienone is 1. The zero-order valence-corrected chi connectivity index (χ0v) is 18.3. The molecule has 0 spiro atoms. The number of pyridine rings is 1. The second kappa shape index (κ2) is 10.3. The highest BCUT2D eigenvalue weighted by Gasteiger charge is 2.29. The van der Waals surface area contributed by atoms with Crippen molar-refractivity contribution < 1.29 is 4.74 Å². The van der Waals surface area contributed by atoms with Crippen LogP contribution in [0.4, 0.5) is 0 Å². The Labute approximate surface area is 182 Å². The Hall–Kier alpha value is -2.83. The molecule has 1 aliphatic heterocycles. The Bertz CT molecular complexity index is 1030. The monoisotopic (exact) mass is 423 g/mol. The summed E-state index contributed by atoms with van der Waals surface area (Å²) in [5.41, 5.74) is 3.40. The average molecular weight is 424 g/mol. The molecular formula is C23H26ClN5O. The summed E-state index contributed by atoms with van der Waals surface area (Å²) < 4.78 is 7.37. The van der Waals surface area contributed by atoms with Crippen molar-refractivity contribution in [2.75, 3.05) is 7.11 Å². The summed E-state index contributed by atoms with van der Waals surface area (Å²) in [7, 11) is 1.64. The fraction of sp³-hybridized carbons (Fsp3) is 0.304. The maximum Gasteiger partial charge on any atom is 0.163 e. The summed E-state index contributed by atoms with van der Waals surface area (Å²) in [4.78, 5) is 9.59. The second-order valence-corrected chi connectivity index (χ2v) is 6.92. The Morgan fingerprint density at radius 1 is 1.20 bits per heavy atom. The van der Waals surface area contributed by atoms with Gasteiger partial charge in [0.25, 0.3) is 0 Å². The van der Waals surface area contributed by atoms with Gasteiger partial charge in [-0.3, -0.25) is 14.5 Å². The topological polar surface area (TPSA) is 65.2 Å². The SMILES string of the molecule is C=CCC[C@@H]1N=C(c2ccccn2)c2cc(Cl)ccc2-n2c(COC)nnc21.CC. The van der Waals surface area contributed by atoms with Crippen LogP contribution in [0.5, 0.6) is 0 Å². The lowest BCUT2D eigenvalue weighted by molar-refractivity contribution is 0.176. The van der Waals surface area contributed by atoms with Crippen LogP contribution in [0.3, 0.4) is 0 Å². The van der Waals surface area contributed by atoms with E-state index in [2.05, 4.69) is 21.8 Å². The first-order chi connectivity index (χ1) is 14.7. The largest absolute Gasteiger partial charge is 0.377 e. The fourth-order valence-electron chi connectivity index (χ4n) is 3.38. The van der Waals surface area contributed by atoms with E-state index >= 15 is 0 Å². The predicted octanol–water partition coefficient (Wildman–Crippen LogP) is 5.35. The highest BCUT2D eigenvalue weighted by atomic mass is 35.5. The molecule has 1 aliphatic rings. The minimum Gasteiger partial charge on any atom is -0.377 e. The Morgan fingerprint density at radius 2 is 2.03 bits per heavy atom. The first-order valence-corrected chi connectivity index (χ1v) is 10.4. The maximum atomic E-state index is 6.35. The van der Waals surface area contributed by atoms with Crippen LogP contribution in [0.1, 0.15) is 55.6 Å². The standard InChI is InChI=1S/C21H20ClN5O.C2H6/c1-3-4-7-17-21-26-25-19(13-28-2)27(21)18-10-9-14(22)12-15(18)20(24-17)16-8-5-6-11-23-16;1-2/h3,5-6,8-12,17H,1,4,7,13H2,2H3;1-2H3/t17-;/m0./s1. The number of methoxy groups -OCH3 is 1. The lowest BCUT2D eigenvalue weighted by Gasteiger charge is -2.13. The molecule has 2 aromatic heterocycles. The third-order valence-corrected chi connectivity index (χ3v) is 4.85. The highest BCUT2D eigenvalue weighted by molar-refractivity contribution is 6.31. The third kappa shape index (κ3) is 4.35. The van der Waals surface area contributed by atoms with E-state index in [-0.39, 0.29) is 6.04 Å². The van der Waals surface area contributed by atoms with E-state index in [1.165, 1.54) is 0 Å². The Kier molecular flexibility index (Phi) is 7.49. The molecule has 4 rings (SSSR count). The molecule has 0 bridgehead atoms. The van der Waals surface area contributed by atoms with Crippen LogP contribution in [-0.2, 0) is 11.3 Å². The van der Waals surface area contributed by atoms with E-state index in [0.717, 1.165) is 47.1 Å². The zero-order valence-electron chi connectivity index (χ0n) is 17.5. The first-order valence-electron chi connectivity index (χ1n) is 10.1. The summed E-state index contributed by atoms with van der Waals surface area (Å²) in [5, 5.41) is 9.44. The van der Waals surface area contributed by atoms with Gasteiger partial charge in [0.1, 0.15) is 12.6 Å². The molecule has 3 aromatic rings. The van der Waals surface area contributed by atoms with Crippen LogP contribution in [0.15, 0.2) is 60.2 Å². The van der Waals surface area contributed by atoms with Crippen molar-refractivity contribution in [1.29, 1.82) is 0 Å². The number of aromatic nitrogens is 4. The van der Waals surface area contributed by atoms with Crippen molar-refractivity contribution in [2.45, 2.75) is 39.3 Å². The highest BCUT2D eigenvalue weighted by Crippen LogP contribution is 2.34. The summed E-state index contributed by atoms with van der Waals surface area (Å²) >= 11 is 6.35.